The predicted molar refractivity (Wildman–Crippen MR) is 100 cm³/mol. The topological polar surface area (TPSA) is 75.7 Å². The molecule has 2 heterocycles. The molecule has 2 fully saturated rings. The number of hydrogen-bond acceptors (Lipinski definition) is 4. The van der Waals surface area contributed by atoms with Crippen LogP contribution in [-0.2, 0) is 25.0 Å². The normalized spacial score (nSPS) is 24.1. The second-order valence-corrected chi connectivity index (χ2v) is 9.42. The van der Waals surface area contributed by atoms with Crippen LogP contribution in [0.5, 0.6) is 0 Å². The van der Waals surface area contributed by atoms with Gasteiger partial charge in [-0.1, -0.05) is 30.3 Å². The summed E-state index contributed by atoms with van der Waals surface area (Å²) in [5.41, 5.74) is 1.12. The molecule has 26 heavy (non-hydrogen) atoms. The fourth-order valence-electron chi connectivity index (χ4n) is 3.98. The number of benzene rings is 1. The van der Waals surface area contributed by atoms with Crippen LogP contribution in [0, 0.1) is 5.92 Å². The van der Waals surface area contributed by atoms with Gasteiger partial charge in [-0.05, 0) is 31.2 Å². The number of nitrogens with zero attached hydrogens (tertiary/aromatic N) is 1. The number of piperidine rings is 1. The first-order chi connectivity index (χ1) is 12.4. The van der Waals surface area contributed by atoms with Crippen molar-refractivity contribution in [1.82, 2.24) is 9.62 Å². The lowest BCUT2D eigenvalue weighted by atomic mass is 9.74. The van der Waals surface area contributed by atoms with Gasteiger partial charge in [0.25, 0.3) is 0 Å². The summed E-state index contributed by atoms with van der Waals surface area (Å²) in [5.74, 6) is -0.314. The standard InChI is InChI=1S/C19H28N2O4S/c1-26(23,24)21-11-5-6-16(14-21)18(22)20-15-19(9-12-25-13-10-19)17-7-3-2-4-8-17/h2-4,7-8,16H,5-6,9-15H2,1H3,(H,20,22). The Kier molecular flexibility index (Phi) is 5.99. The van der Waals surface area contributed by atoms with Crippen LogP contribution in [-0.4, -0.2) is 57.7 Å². The second kappa shape index (κ2) is 8.06. The van der Waals surface area contributed by atoms with Gasteiger partial charge in [0.15, 0.2) is 0 Å². The zero-order chi connectivity index (χ0) is 18.6. The number of sulfonamides is 1. The van der Waals surface area contributed by atoms with Crippen LogP contribution in [0.3, 0.4) is 0 Å². The second-order valence-electron chi connectivity index (χ2n) is 7.44. The number of nitrogens with one attached hydrogen (secondary N) is 1. The van der Waals surface area contributed by atoms with E-state index in [9.17, 15) is 13.2 Å². The smallest absolute Gasteiger partial charge is 0.224 e. The maximum atomic E-state index is 12.7. The van der Waals surface area contributed by atoms with Crippen molar-refractivity contribution in [2.45, 2.75) is 31.1 Å². The molecule has 0 aromatic heterocycles. The van der Waals surface area contributed by atoms with E-state index in [-0.39, 0.29) is 23.8 Å². The van der Waals surface area contributed by atoms with Crippen LogP contribution in [0.4, 0.5) is 0 Å². The molecule has 7 heteroatoms. The molecule has 1 aromatic rings. The van der Waals surface area contributed by atoms with Gasteiger partial charge in [-0.3, -0.25) is 4.79 Å². The molecule has 1 atom stereocenters. The van der Waals surface area contributed by atoms with Crippen molar-refractivity contribution < 1.29 is 17.9 Å². The summed E-state index contributed by atoms with van der Waals surface area (Å²) in [6.07, 6.45) is 4.41. The number of amides is 1. The third-order valence-electron chi connectivity index (χ3n) is 5.66. The Bertz CT molecular complexity index is 714. The molecule has 1 amide bonds. The van der Waals surface area contributed by atoms with E-state index in [1.807, 2.05) is 18.2 Å². The Hall–Kier alpha value is -1.44. The van der Waals surface area contributed by atoms with Gasteiger partial charge in [0, 0.05) is 38.3 Å². The number of carbonyl (C=O) groups is 1. The first-order valence-corrected chi connectivity index (χ1v) is 11.1. The number of ether oxygens (including phenoxy) is 1. The summed E-state index contributed by atoms with van der Waals surface area (Å²) in [4.78, 5) is 12.7. The molecule has 0 saturated carbocycles. The first kappa shape index (κ1) is 19.3. The summed E-state index contributed by atoms with van der Waals surface area (Å²) in [7, 11) is -3.25. The molecule has 1 N–H and O–H groups in total. The van der Waals surface area contributed by atoms with Gasteiger partial charge < -0.3 is 10.1 Å². The van der Waals surface area contributed by atoms with E-state index in [0.29, 0.717) is 26.3 Å². The predicted octanol–water partition coefficient (Wildman–Crippen LogP) is 1.52. The highest BCUT2D eigenvalue weighted by Gasteiger charge is 2.36. The molecule has 3 rings (SSSR count). The Labute approximate surface area is 156 Å². The average molecular weight is 381 g/mol. The van der Waals surface area contributed by atoms with E-state index in [1.165, 1.54) is 16.1 Å². The Balaban J connectivity index is 1.66. The number of carbonyl (C=O) groups excluding carboxylic acids is 1. The molecule has 6 nitrogen and oxygen atoms in total. The van der Waals surface area contributed by atoms with E-state index in [2.05, 4.69) is 17.4 Å². The van der Waals surface area contributed by atoms with Gasteiger partial charge in [-0.2, -0.15) is 0 Å². The van der Waals surface area contributed by atoms with Gasteiger partial charge in [0.05, 0.1) is 12.2 Å². The summed E-state index contributed by atoms with van der Waals surface area (Å²) in [5, 5.41) is 3.12. The highest BCUT2D eigenvalue weighted by atomic mass is 32.2. The fraction of sp³-hybridized carbons (Fsp3) is 0.632. The SMILES string of the molecule is CS(=O)(=O)N1CCCC(C(=O)NCC2(c3ccccc3)CCOCC2)C1. The zero-order valence-corrected chi connectivity index (χ0v) is 16.1. The summed E-state index contributed by atoms with van der Waals surface area (Å²) < 4.78 is 30.5. The monoisotopic (exact) mass is 380 g/mol. The Morgan fingerprint density at radius 2 is 1.96 bits per heavy atom. The van der Waals surface area contributed by atoms with Crippen molar-refractivity contribution in [3.8, 4) is 0 Å². The molecule has 0 bridgehead atoms. The van der Waals surface area contributed by atoms with Crippen molar-refractivity contribution in [3.63, 3.8) is 0 Å². The molecule has 0 spiro atoms. The van der Waals surface area contributed by atoms with Crippen molar-refractivity contribution in [2.24, 2.45) is 5.92 Å². The van der Waals surface area contributed by atoms with Crippen LogP contribution in [0.2, 0.25) is 0 Å². The maximum Gasteiger partial charge on any atom is 0.224 e. The van der Waals surface area contributed by atoms with Crippen molar-refractivity contribution in [2.75, 3.05) is 39.1 Å². The quantitative estimate of drug-likeness (QED) is 0.840. The van der Waals surface area contributed by atoms with Crippen molar-refractivity contribution in [1.29, 1.82) is 0 Å². The van der Waals surface area contributed by atoms with Crippen LogP contribution in [0.15, 0.2) is 30.3 Å². The minimum absolute atomic E-state index is 0.0415. The number of rotatable bonds is 5. The van der Waals surface area contributed by atoms with Crippen molar-refractivity contribution in [3.05, 3.63) is 35.9 Å². The Morgan fingerprint density at radius 3 is 2.62 bits per heavy atom. The molecule has 1 aromatic carbocycles. The van der Waals surface area contributed by atoms with Crippen LogP contribution in [0.25, 0.3) is 0 Å². The maximum absolute atomic E-state index is 12.7. The lowest BCUT2D eigenvalue weighted by Gasteiger charge is -2.38. The lowest BCUT2D eigenvalue weighted by Crippen LogP contribution is -2.49. The van der Waals surface area contributed by atoms with Crippen molar-refractivity contribution >= 4 is 15.9 Å². The summed E-state index contributed by atoms with van der Waals surface area (Å²) >= 11 is 0. The summed E-state index contributed by atoms with van der Waals surface area (Å²) in [6.45, 7) is 2.74. The van der Waals surface area contributed by atoms with E-state index < -0.39 is 10.0 Å². The van der Waals surface area contributed by atoms with E-state index in [4.69, 9.17) is 4.74 Å². The van der Waals surface area contributed by atoms with Crippen LogP contribution < -0.4 is 5.32 Å². The lowest BCUT2D eigenvalue weighted by molar-refractivity contribution is -0.126. The van der Waals surface area contributed by atoms with Crippen LogP contribution >= 0.6 is 0 Å². The highest BCUT2D eigenvalue weighted by molar-refractivity contribution is 7.88. The highest BCUT2D eigenvalue weighted by Crippen LogP contribution is 2.34. The van der Waals surface area contributed by atoms with E-state index in [0.717, 1.165) is 25.7 Å². The van der Waals surface area contributed by atoms with Gasteiger partial charge in [0.2, 0.25) is 15.9 Å². The van der Waals surface area contributed by atoms with Gasteiger partial charge in [-0.25, -0.2) is 12.7 Å². The zero-order valence-electron chi connectivity index (χ0n) is 15.3. The third kappa shape index (κ3) is 4.45. The molecule has 1 unspecified atom stereocenters. The van der Waals surface area contributed by atoms with E-state index >= 15 is 0 Å². The summed E-state index contributed by atoms with van der Waals surface area (Å²) in [6, 6.07) is 10.3. The molecule has 2 aliphatic rings. The van der Waals surface area contributed by atoms with Crippen LogP contribution in [0.1, 0.15) is 31.2 Å². The first-order valence-electron chi connectivity index (χ1n) is 9.27. The number of hydrogen-bond donors (Lipinski definition) is 1. The molecule has 2 aliphatic heterocycles. The largest absolute Gasteiger partial charge is 0.381 e. The third-order valence-corrected chi connectivity index (χ3v) is 6.93. The van der Waals surface area contributed by atoms with Gasteiger partial charge in [-0.15, -0.1) is 0 Å². The minimum atomic E-state index is -3.25. The average Bonchev–Trinajstić information content (AvgIpc) is 2.67. The van der Waals surface area contributed by atoms with E-state index in [1.54, 1.807) is 0 Å². The minimum Gasteiger partial charge on any atom is -0.381 e. The molecule has 0 radical (unpaired) electrons. The van der Waals surface area contributed by atoms with Gasteiger partial charge >= 0.3 is 0 Å². The Morgan fingerprint density at radius 1 is 1.27 bits per heavy atom. The molecular formula is C19H28N2O4S. The molecule has 0 aliphatic carbocycles. The molecule has 144 valence electrons. The molecule has 2 saturated heterocycles. The molecular weight excluding hydrogens is 352 g/mol. The fourth-order valence-corrected chi connectivity index (χ4v) is 4.89. The van der Waals surface area contributed by atoms with Gasteiger partial charge in [0.1, 0.15) is 0 Å².